The number of primary amides is 1. The van der Waals surface area contributed by atoms with Crippen molar-refractivity contribution in [2.75, 3.05) is 25.1 Å². The summed E-state index contributed by atoms with van der Waals surface area (Å²) in [7, 11) is 0. The van der Waals surface area contributed by atoms with Gasteiger partial charge in [0, 0.05) is 22.7 Å². The number of nitrogens with zero attached hydrogens (tertiary/aromatic N) is 1. The largest absolute Gasteiger partial charge is 0.490 e. The van der Waals surface area contributed by atoms with E-state index in [1.165, 1.54) is 11.3 Å². The molecule has 0 saturated heterocycles. The van der Waals surface area contributed by atoms with Crippen molar-refractivity contribution in [3.05, 3.63) is 41.0 Å². The number of anilines is 1. The molecule has 0 bridgehead atoms. The van der Waals surface area contributed by atoms with E-state index in [0.29, 0.717) is 59.0 Å². The molecule has 164 valence electrons. The fraction of sp³-hybridized carbons (Fsp3) is 0.286. The minimum absolute atomic E-state index is 0.287. The summed E-state index contributed by atoms with van der Waals surface area (Å²) >= 11 is 1.26. The summed E-state index contributed by atoms with van der Waals surface area (Å²) in [5, 5.41) is 4.97. The number of carbonyl (C=O) groups excluding carboxylic acids is 2. The minimum Gasteiger partial charge on any atom is -0.490 e. The number of benzene rings is 1. The highest BCUT2D eigenvalue weighted by atomic mass is 32.1. The molecular weight excluding hydrogens is 420 g/mol. The number of hydrogen-bond acceptors (Lipinski definition) is 7. The molecule has 0 saturated carbocycles. The lowest BCUT2D eigenvalue weighted by Gasteiger charge is -2.16. The maximum atomic E-state index is 12.9. The Hall–Kier alpha value is -3.53. The van der Waals surface area contributed by atoms with E-state index in [1.807, 2.05) is 20.8 Å². The van der Waals surface area contributed by atoms with E-state index in [4.69, 9.17) is 19.9 Å². The lowest BCUT2D eigenvalue weighted by Crippen LogP contribution is -2.13. The van der Waals surface area contributed by atoms with Crippen molar-refractivity contribution < 1.29 is 23.8 Å². The van der Waals surface area contributed by atoms with Crippen LogP contribution < -0.4 is 25.3 Å². The zero-order valence-corrected chi connectivity index (χ0v) is 18.3. The molecule has 4 N–H and O–H groups in total. The number of nitrogens with one attached hydrogen (secondary N) is 2. The minimum atomic E-state index is -0.555. The molecule has 0 spiro atoms. The topological polar surface area (TPSA) is 129 Å². The number of thiazole rings is 1. The highest BCUT2D eigenvalue weighted by Gasteiger charge is 2.19. The average Bonchev–Trinajstić information content (AvgIpc) is 3.40. The number of hydrogen-bond donors (Lipinski definition) is 3. The molecule has 0 aliphatic rings. The van der Waals surface area contributed by atoms with E-state index in [0.717, 1.165) is 0 Å². The molecule has 3 rings (SSSR count). The lowest BCUT2D eigenvalue weighted by atomic mass is 10.1. The van der Waals surface area contributed by atoms with Crippen LogP contribution in [-0.2, 0) is 0 Å². The van der Waals surface area contributed by atoms with Gasteiger partial charge in [0.05, 0.1) is 25.5 Å². The van der Waals surface area contributed by atoms with Gasteiger partial charge in [0.2, 0.25) is 5.75 Å². The molecule has 0 radical (unpaired) electrons. The van der Waals surface area contributed by atoms with Crippen molar-refractivity contribution in [1.82, 2.24) is 9.97 Å². The normalized spacial score (nSPS) is 10.5. The van der Waals surface area contributed by atoms with Crippen molar-refractivity contribution in [3.63, 3.8) is 0 Å². The average molecular weight is 445 g/mol. The Morgan fingerprint density at radius 1 is 1.06 bits per heavy atom. The van der Waals surface area contributed by atoms with Gasteiger partial charge in [-0.3, -0.25) is 14.9 Å². The molecule has 0 unspecified atom stereocenters. The van der Waals surface area contributed by atoms with Crippen LogP contribution in [-0.4, -0.2) is 41.6 Å². The second kappa shape index (κ2) is 9.98. The third-order valence-corrected chi connectivity index (χ3v) is 4.90. The summed E-state index contributed by atoms with van der Waals surface area (Å²) in [6, 6.07) is 4.84. The predicted octanol–water partition coefficient (Wildman–Crippen LogP) is 3.69. The number of aromatic amines is 1. The van der Waals surface area contributed by atoms with Gasteiger partial charge in [-0.1, -0.05) is 0 Å². The van der Waals surface area contributed by atoms with Crippen LogP contribution in [0.15, 0.2) is 29.8 Å². The fourth-order valence-corrected chi connectivity index (χ4v) is 3.55. The van der Waals surface area contributed by atoms with Crippen LogP contribution in [0.25, 0.3) is 11.3 Å². The highest BCUT2D eigenvalue weighted by Crippen LogP contribution is 2.39. The molecule has 10 heteroatoms. The maximum absolute atomic E-state index is 12.9. The molecule has 31 heavy (non-hydrogen) atoms. The fourth-order valence-electron chi connectivity index (χ4n) is 2.84. The molecular formula is C21H24N4O5S. The maximum Gasteiger partial charge on any atom is 0.265 e. The van der Waals surface area contributed by atoms with Gasteiger partial charge in [-0.05, 0) is 39.0 Å². The molecule has 2 amide bonds. The number of H-pyrrole nitrogens is 1. The Labute approximate surface area is 183 Å². The van der Waals surface area contributed by atoms with Gasteiger partial charge < -0.3 is 24.9 Å². The number of nitrogens with two attached hydrogens (primary N) is 1. The first-order valence-electron chi connectivity index (χ1n) is 9.78. The van der Waals surface area contributed by atoms with Crippen LogP contribution >= 0.6 is 11.3 Å². The summed E-state index contributed by atoms with van der Waals surface area (Å²) in [5.41, 5.74) is 7.21. The molecule has 0 aliphatic heterocycles. The van der Waals surface area contributed by atoms with Crippen molar-refractivity contribution in [2.24, 2.45) is 5.73 Å². The Morgan fingerprint density at radius 3 is 2.26 bits per heavy atom. The summed E-state index contributed by atoms with van der Waals surface area (Å²) in [4.78, 5) is 31.3. The molecule has 0 fully saturated rings. The Morgan fingerprint density at radius 2 is 1.71 bits per heavy atom. The molecule has 1 aromatic carbocycles. The lowest BCUT2D eigenvalue weighted by molar-refractivity contribution is 0.0994. The number of rotatable bonds is 10. The molecule has 9 nitrogen and oxygen atoms in total. The monoisotopic (exact) mass is 444 g/mol. The zero-order chi connectivity index (χ0) is 22.4. The van der Waals surface area contributed by atoms with Gasteiger partial charge in [-0.25, -0.2) is 4.98 Å². The van der Waals surface area contributed by atoms with E-state index in [1.54, 1.807) is 29.8 Å². The van der Waals surface area contributed by atoms with Gasteiger partial charge >= 0.3 is 0 Å². The number of aromatic nitrogens is 2. The first-order chi connectivity index (χ1) is 15.0. The third kappa shape index (κ3) is 5.15. The molecule has 3 aromatic rings. The standard InChI is InChI=1S/C21H24N4O5S/c1-4-28-16-8-12(9-17(29-5-2)18(16)30-6-3)20(27)25-21-24-15(11-31-21)13-7-14(19(22)26)23-10-13/h7-11,23H,4-6H2,1-3H3,(H2,22,26)(H,24,25,27). The zero-order valence-electron chi connectivity index (χ0n) is 17.5. The second-order valence-electron chi connectivity index (χ2n) is 6.26. The van der Waals surface area contributed by atoms with Crippen LogP contribution in [0, 0.1) is 0 Å². The van der Waals surface area contributed by atoms with E-state index in [9.17, 15) is 9.59 Å². The van der Waals surface area contributed by atoms with Gasteiger partial charge in [0.25, 0.3) is 11.8 Å². The second-order valence-corrected chi connectivity index (χ2v) is 7.12. The smallest absolute Gasteiger partial charge is 0.265 e. The van der Waals surface area contributed by atoms with Gasteiger partial charge in [-0.15, -0.1) is 11.3 Å². The van der Waals surface area contributed by atoms with Crippen molar-refractivity contribution in [3.8, 4) is 28.5 Å². The van der Waals surface area contributed by atoms with Crippen LogP contribution in [0.3, 0.4) is 0 Å². The Balaban J connectivity index is 1.84. The third-order valence-electron chi connectivity index (χ3n) is 4.14. The van der Waals surface area contributed by atoms with Crippen molar-refractivity contribution in [1.29, 1.82) is 0 Å². The van der Waals surface area contributed by atoms with E-state index in [2.05, 4.69) is 15.3 Å². The quantitative estimate of drug-likeness (QED) is 0.437. The Kier molecular flexibility index (Phi) is 7.14. The van der Waals surface area contributed by atoms with E-state index >= 15 is 0 Å². The highest BCUT2D eigenvalue weighted by molar-refractivity contribution is 7.14. The van der Waals surface area contributed by atoms with E-state index in [-0.39, 0.29) is 11.6 Å². The number of carbonyl (C=O) groups is 2. The molecule has 0 atom stereocenters. The van der Waals surface area contributed by atoms with E-state index < -0.39 is 5.91 Å². The van der Waals surface area contributed by atoms with Crippen LogP contribution in [0.2, 0.25) is 0 Å². The number of amides is 2. The van der Waals surface area contributed by atoms with Gasteiger partial charge in [0.15, 0.2) is 16.6 Å². The first kappa shape index (κ1) is 22.2. The van der Waals surface area contributed by atoms with Crippen LogP contribution in [0.1, 0.15) is 41.6 Å². The van der Waals surface area contributed by atoms with Crippen molar-refractivity contribution >= 4 is 28.3 Å². The summed E-state index contributed by atoms with van der Waals surface area (Å²) in [5.74, 6) is 0.425. The molecule has 0 aliphatic carbocycles. The Bertz CT molecular complexity index is 1050. The summed E-state index contributed by atoms with van der Waals surface area (Å²) in [6.45, 7) is 6.83. The molecule has 2 aromatic heterocycles. The van der Waals surface area contributed by atoms with Crippen LogP contribution in [0.4, 0.5) is 5.13 Å². The predicted molar refractivity (Wildman–Crippen MR) is 118 cm³/mol. The molecule has 2 heterocycles. The van der Waals surface area contributed by atoms with Crippen LogP contribution in [0.5, 0.6) is 17.2 Å². The number of ether oxygens (including phenoxy) is 3. The SMILES string of the molecule is CCOc1cc(C(=O)Nc2nc(-c3c[nH]c(C(N)=O)c3)cs2)cc(OCC)c1OCC. The summed E-state index contributed by atoms with van der Waals surface area (Å²) in [6.07, 6.45) is 1.63. The van der Waals surface area contributed by atoms with Gasteiger partial charge in [-0.2, -0.15) is 0 Å². The van der Waals surface area contributed by atoms with Crippen molar-refractivity contribution in [2.45, 2.75) is 20.8 Å². The van der Waals surface area contributed by atoms with Gasteiger partial charge in [0.1, 0.15) is 5.69 Å². The summed E-state index contributed by atoms with van der Waals surface area (Å²) < 4.78 is 17.0. The first-order valence-corrected chi connectivity index (χ1v) is 10.7.